The normalized spacial score (nSPS) is 27.8. The molecule has 100 valence electrons. The van der Waals surface area contributed by atoms with E-state index in [4.69, 9.17) is 0 Å². The van der Waals surface area contributed by atoms with Crippen LogP contribution < -0.4 is 5.32 Å². The molecule has 2 atom stereocenters. The Morgan fingerprint density at radius 2 is 2.06 bits per heavy atom. The van der Waals surface area contributed by atoms with Crippen molar-refractivity contribution in [3.05, 3.63) is 0 Å². The summed E-state index contributed by atoms with van der Waals surface area (Å²) in [5.41, 5.74) is 0.397. The molecule has 0 aromatic rings. The van der Waals surface area contributed by atoms with E-state index in [2.05, 4.69) is 26.1 Å². The second-order valence-electron chi connectivity index (χ2n) is 6.34. The average molecular weight is 239 g/mol. The third-order valence-electron chi connectivity index (χ3n) is 4.13. The Labute approximate surface area is 107 Å². The Hall–Kier alpha value is -0.530. The van der Waals surface area contributed by atoms with Gasteiger partial charge < -0.3 is 5.32 Å². The van der Waals surface area contributed by atoms with Crippen molar-refractivity contribution in [1.82, 2.24) is 5.32 Å². The Bertz CT molecular complexity index is 247. The molecule has 0 spiro atoms. The number of rotatable bonds is 5. The fraction of sp³-hybridized carbons (Fsp3) is 0.933. The zero-order valence-corrected chi connectivity index (χ0v) is 12.0. The molecule has 1 rings (SSSR count). The molecule has 1 fully saturated rings. The molecule has 2 heteroatoms. The molecule has 0 bridgehead atoms. The molecule has 2 nitrogen and oxygen atoms in total. The molecule has 0 saturated heterocycles. The summed E-state index contributed by atoms with van der Waals surface area (Å²) < 4.78 is 0. The van der Waals surface area contributed by atoms with Gasteiger partial charge in [0, 0.05) is 12.5 Å². The Kier molecular flexibility index (Phi) is 5.48. The number of hydrogen-bond donors (Lipinski definition) is 1. The van der Waals surface area contributed by atoms with Crippen molar-refractivity contribution in [3.63, 3.8) is 0 Å². The van der Waals surface area contributed by atoms with E-state index in [9.17, 15) is 4.79 Å². The fourth-order valence-corrected chi connectivity index (χ4v) is 2.93. The van der Waals surface area contributed by atoms with Gasteiger partial charge in [0.1, 0.15) is 0 Å². The molecule has 0 aromatic heterocycles. The molecular formula is C15H29NO. The zero-order chi connectivity index (χ0) is 12.9. The van der Waals surface area contributed by atoms with Crippen LogP contribution in [0.1, 0.15) is 72.6 Å². The first kappa shape index (κ1) is 14.5. The van der Waals surface area contributed by atoms with Crippen molar-refractivity contribution in [3.8, 4) is 0 Å². The van der Waals surface area contributed by atoms with E-state index in [1.165, 1.54) is 32.1 Å². The van der Waals surface area contributed by atoms with Crippen LogP contribution in [0.2, 0.25) is 0 Å². The molecule has 1 amide bonds. The first-order valence-corrected chi connectivity index (χ1v) is 7.28. The van der Waals surface area contributed by atoms with Crippen LogP contribution in [-0.4, -0.2) is 11.9 Å². The summed E-state index contributed by atoms with van der Waals surface area (Å²) in [6.45, 7) is 8.83. The van der Waals surface area contributed by atoms with E-state index in [1.54, 1.807) is 0 Å². The minimum Gasteiger partial charge on any atom is -0.353 e. The zero-order valence-electron chi connectivity index (χ0n) is 12.0. The van der Waals surface area contributed by atoms with Gasteiger partial charge in [0.15, 0.2) is 0 Å². The molecule has 1 aliphatic rings. The van der Waals surface area contributed by atoms with E-state index < -0.39 is 0 Å². The van der Waals surface area contributed by atoms with Crippen LogP contribution in [0.4, 0.5) is 0 Å². The van der Waals surface area contributed by atoms with Gasteiger partial charge in [0.2, 0.25) is 5.91 Å². The maximum absolute atomic E-state index is 11.6. The maximum Gasteiger partial charge on any atom is 0.219 e. The van der Waals surface area contributed by atoms with Crippen LogP contribution in [0.15, 0.2) is 0 Å². The van der Waals surface area contributed by atoms with Crippen LogP contribution in [0, 0.1) is 11.3 Å². The van der Waals surface area contributed by atoms with Crippen LogP contribution in [0.5, 0.6) is 0 Å². The second kappa shape index (κ2) is 6.42. The lowest BCUT2D eigenvalue weighted by Gasteiger charge is -2.41. The summed E-state index contributed by atoms with van der Waals surface area (Å²) in [4.78, 5) is 11.6. The van der Waals surface area contributed by atoms with Gasteiger partial charge in [-0.15, -0.1) is 0 Å². The lowest BCUT2D eigenvalue weighted by Crippen LogP contribution is -2.46. The Balaban J connectivity index is 2.58. The van der Waals surface area contributed by atoms with Crippen molar-refractivity contribution in [1.29, 1.82) is 0 Å². The summed E-state index contributed by atoms with van der Waals surface area (Å²) in [5.74, 6) is 0.924. The predicted octanol–water partition coefficient (Wildman–Crippen LogP) is 3.90. The van der Waals surface area contributed by atoms with Crippen molar-refractivity contribution in [2.75, 3.05) is 0 Å². The maximum atomic E-state index is 11.6. The summed E-state index contributed by atoms with van der Waals surface area (Å²) in [6, 6.07) is 0.415. The van der Waals surface area contributed by atoms with Crippen molar-refractivity contribution < 1.29 is 4.79 Å². The molecule has 0 radical (unpaired) electrons. The number of nitrogens with one attached hydrogen (secondary N) is 1. The quantitative estimate of drug-likeness (QED) is 0.774. The summed E-state index contributed by atoms with van der Waals surface area (Å²) in [7, 11) is 0. The molecule has 1 saturated carbocycles. The van der Waals surface area contributed by atoms with E-state index in [1.807, 2.05) is 6.92 Å². The topological polar surface area (TPSA) is 29.1 Å². The molecule has 17 heavy (non-hydrogen) atoms. The highest BCUT2D eigenvalue weighted by molar-refractivity contribution is 5.75. The van der Waals surface area contributed by atoms with Crippen LogP contribution in [0.25, 0.3) is 0 Å². The smallest absolute Gasteiger partial charge is 0.219 e. The number of amides is 1. The molecule has 0 heterocycles. The molecule has 0 aromatic carbocycles. The highest BCUT2D eigenvalue weighted by atomic mass is 16.1. The lowest BCUT2D eigenvalue weighted by atomic mass is 9.69. The number of hydrogen-bond acceptors (Lipinski definition) is 1. The first-order chi connectivity index (χ1) is 7.98. The van der Waals surface area contributed by atoms with Crippen molar-refractivity contribution >= 4 is 5.91 Å². The number of unbranched alkanes of at least 4 members (excludes halogenated alkanes) is 1. The van der Waals surface area contributed by atoms with Gasteiger partial charge in [-0.3, -0.25) is 4.79 Å². The first-order valence-electron chi connectivity index (χ1n) is 7.28. The fourth-order valence-electron chi connectivity index (χ4n) is 2.93. The molecule has 0 aliphatic heterocycles. The average Bonchev–Trinajstić information content (AvgIpc) is 2.27. The van der Waals surface area contributed by atoms with Crippen molar-refractivity contribution in [2.45, 2.75) is 78.7 Å². The minimum atomic E-state index is 0.217. The number of carbonyl (C=O) groups excluding carboxylic acids is 1. The predicted molar refractivity (Wildman–Crippen MR) is 72.9 cm³/mol. The highest BCUT2D eigenvalue weighted by Crippen LogP contribution is 2.40. The van der Waals surface area contributed by atoms with E-state index in [0.717, 1.165) is 6.42 Å². The molecule has 1 N–H and O–H groups in total. The summed E-state index contributed by atoms with van der Waals surface area (Å²) in [6.07, 6.45) is 8.17. The van der Waals surface area contributed by atoms with Crippen molar-refractivity contribution in [2.24, 2.45) is 11.3 Å². The van der Waals surface area contributed by atoms with Gasteiger partial charge in [-0.25, -0.2) is 0 Å². The van der Waals surface area contributed by atoms with E-state index in [-0.39, 0.29) is 5.91 Å². The molecule has 2 unspecified atom stereocenters. The lowest BCUT2D eigenvalue weighted by molar-refractivity contribution is -0.122. The van der Waals surface area contributed by atoms with Crippen LogP contribution >= 0.6 is 0 Å². The third kappa shape index (κ3) is 4.69. The molecule has 1 aliphatic carbocycles. The van der Waals surface area contributed by atoms with Gasteiger partial charge >= 0.3 is 0 Å². The largest absolute Gasteiger partial charge is 0.353 e. The van der Waals surface area contributed by atoms with Gasteiger partial charge in [0.05, 0.1) is 0 Å². The summed E-state index contributed by atoms with van der Waals surface area (Å²) >= 11 is 0. The molecular weight excluding hydrogens is 210 g/mol. The van der Waals surface area contributed by atoms with E-state index in [0.29, 0.717) is 23.8 Å². The van der Waals surface area contributed by atoms with Crippen LogP contribution in [-0.2, 0) is 4.79 Å². The Morgan fingerprint density at radius 3 is 2.65 bits per heavy atom. The SMILES string of the molecule is CCCCC1CCC(C)(C)CC1NC(=O)CC. The second-order valence-corrected chi connectivity index (χ2v) is 6.34. The van der Waals surface area contributed by atoms with Gasteiger partial charge in [-0.2, -0.15) is 0 Å². The highest BCUT2D eigenvalue weighted by Gasteiger charge is 2.34. The van der Waals surface area contributed by atoms with Crippen LogP contribution in [0.3, 0.4) is 0 Å². The van der Waals surface area contributed by atoms with Gasteiger partial charge in [-0.05, 0) is 37.0 Å². The third-order valence-corrected chi connectivity index (χ3v) is 4.13. The monoisotopic (exact) mass is 239 g/mol. The number of carbonyl (C=O) groups is 1. The Morgan fingerprint density at radius 1 is 1.35 bits per heavy atom. The van der Waals surface area contributed by atoms with Gasteiger partial charge in [-0.1, -0.05) is 40.5 Å². The standard InChI is InChI=1S/C15H29NO/c1-5-7-8-12-9-10-15(3,4)11-13(12)16-14(17)6-2/h12-13H,5-11H2,1-4H3,(H,16,17). The van der Waals surface area contributed by atoms with Gasteiger partial charge in [0.25, 0.3) is 0 Å². The minimum absolute atomic E-state index is 0.217. The summed E-state index contributed by atoms with van der Waals surface area (Å²) in [5, 5.41) is 3.24. The van der Waals surface area contributed by atoms with E-state index >= 15 is 0 Å².